The highest BCUT2D eigenvalue weighted by Crippen LogP contribution is 2.35. The number of carbonyl (C=O) groups excluding carboxylic acids is 1. The summed E-state index contributed by atoms with van der Waals surface area (Å²) in [5, 5.41) is -0.178. The molecule has 0 fully saturated rings. The van der Waals surface area contributed by atoms with Crippen LogP contribution in [0.5, 0.6) is 0 Å². The number of carbonyl (C=O) groups is 1. The number of nitrogens with zero attached hydrogens (tertiary/aromatic N) is 4. The van der Waals surface area contributed by atoms with Crippen molar-refractivity contribution < 1.29 is 26.7 Å². The van der Waals surface area contributed by atoms with E-state index >= 15 is 0 Å². The van der Waals surface area contributed by atoms with E-state index in [1.807, 2.05) is 0 Å². The van der Waals surface area contributed by atoms with Gasteiger partial charge in [0.25, 0.3) is 5.91 Å². The number of imidazole rings is 1. The molecule has 0 aliphatic carbocycles. The molecule has 0 bridgehead atoms. The zero-order valence-electron chi connectivity index (χ0n) is 17.2. The van der Waals surface area contributed by atoms with Crippen molar-refractivity contribution in [1.29, 1.82) is 0 Å². The number of hydrogen-bond donors (Lipinski definition) is 1. The Morgan fingerprint density at radius 3 is 2.41 bits per heavy atom. The molecule has 170 valence electrons. The van der Waals surface area contributed by atoms with E-state index in [0.717, 1.165) is 18.2 Å². The number of amides is 1. The molecule has 2 N–H and O–H groups in total. The maximum absolute atomic E-state index is 14.8. The van der Waals surface area contributed by atoms with Crippen molar-refractivity contribution in [1.82, 2.24) is 19.5 Å². The van der Waals surface area contributed by atoms with Crippen LogP contribution in [-0.4, -0.2) is 25.4 Å². The fourth-order valence-electron chi connectivity index (χ4n) is 4.00. The molecule has 0 radical (unpaired) electrons. The first-order valence-corrected chi connectivity index (χ1v) is 9.75. The first-order chi connectivity index (χ1) is 16.2. The van der Waals surface area contributed by atoms with E-state index in [-0.39, 0.29) is 44.6 Å². The largest absolute Gasteiger partial charge is 0.366 e. The van der Waals surface area contributed by atoms with Crippen LogP contribution in [-0.2, 0) is 0 Å². The van der Waals surface area contributed by atoms with Crippen LogP contribution < -0.4 is 5.73 Å². The summed E-state index contributed by atoms with van der Waals surface area (Å²) >= 11 is 0. The van der Waals surface area contributed by atoms with E-state index in [1.54, 1.807) is 0 Å². The van der Waals surface area contributed by atoms with E-state index in [2.05, 4.69) is 15.0 Å². The molecular weight excluding hydrogens is 457 g/mol. The number of halogens is 5. The second-order valence-electron chi connectivity index (χ2n) is 7.42. The van der Waals surface area contributed by atoms with Crippen LogP contribution in [0.1, 0.15) is 16.2 Å². The van der Waals surface area contributed by atoms with Gasteiger partial charge in [-0.1, -0.05) is 0 Å². The number of hydrogen-bond acceptors (Lipinski definition) is 4. The summed E-state index contributed by atoms with van der Waals surface area (Å²) in [6.45, 7) is 1.53. The van der Waals surface area contributed by atoms with Crippen LogP contribution in [0.15, 0.2) is 42.7 Å². The van der Waals surface area contributed by atoms with Crippen molar-refractivity contribution in [3.05, 3.63) is 83.3 Å². The molecule has 0 spiro atoms. The van der Waals surface area contributed by atoms with Gasteiger partial charge in [0.15, 0.2) is 11.6 Å². The maximum Gasteiger partial charge on any atom is 0.250 e. The molecule has 0 atom stereocenters. The Morgan fingerprint density at radius 2 is 1.68 bits per heavy atom. The van der Waals surface area contributed by atoms with Gasteiger partial charge in [-0.2, -0.15) is 4.39 Å². The first-order valence-electron chi connectivity index (χ1n) is 9.75. The lowest BCUT2D eigenvalue weighted by Crippen LogP contribution is -2.12. The molecule has 0 unspecified atom stereocenters. The fourth-order valence-corrected chi connectivity index (χ4v) is 4.00. The first kappa shape index (κ1) is 21.4. The summed E-state index contributed by atoms with van der Waals surface area (Å²) in [7, 11) is 0. The number of pyridine rings is 2. The van der Waals surface area contributed by atoms with Gasteiger partial charge in [-0.05, 0) is 42.8 Å². The van der Waals surface area contributed by atoms with Crippen molar-refractivity contribution >= 4 is 27.8 Å². The Kier molecular flexibility index (Phi) is 4.78. The van der Waals surface area contributed by atoms with Gasteiger partial charge in [-0.15, -0.1) is 0 Å². The summed E-state index contributed by atoms with van der Waals surface area (Å²) in [5.41, 5.74) is 4.26. The van der Waals surface area contributed by atoms with Crippen LogP contribution >= 0.6 is 0 Å². The molecule has 3 heterocycles. The second kappa shape index (κ2) is 7.58. The zero-order valence-corrected chi connectivity index (χ0v) is 17.2. The van der Waals surface area contributed by atoms with Crippen molar-refractivity contribution in [3.63, 3.8) is 0 Å². The van der Waals surface area contributed by atoms with Gasteiger partial charge in [-0.25, -0.2) is 27.5 Å². The highest BCUT2D eigenvalue weighted by atomic mass is 19.2. The number of rotatable bonds is 3. The van der Waals surface area contributed by atoms with Gasteiger partial charge in [0.05, 0.1) is 33.9 Å². The number of primary amides is 1. The number of aryl methyl sites for hydroxylation is 1. The third kappa shape index (κ3) is 3.08. The van der Waals surface area contributed by atoms with Gasteiger partial charge >= 0.3 is 0 Å². The van der Waals surface area contributed by atoms with Crippen molar-refractivity contribution in [3.8, 4) is 16.8 Å². The minimum absolute atomic E-state index is 0.0471. The molecule has 0 saturated carbocycles. The Hall–Kier alpha value is -4.41. The average Bonchev–Trinajstić information content (AvgIpc) is 3.13. The predicted molar refractivity (Wildman–Crippen MR) is 113 cm³/mol. The molecule has 3 aromatic heterocycles. The third-order valence-corrected chi connectivity index (χ3v) is 5.42. The summed E-state index contributed by atoms with van der Waals surface area (Å²) in [6.07, 6.45) is 1.75. The monoisotopic (exact) mass is 469 g/mol. The van der Waals surface area contributed by atoms with Crippen LogP contribution in [0.4, 0.5) is 22.0 Å². The van der Waals surface area contributed by atoms with Crippen LogP contribution in [0.25, 0.3) is 38.8 Å². The number of nitrogens with two attached hydrogens (primary N) is 1. The van der Waals surface area contributed by atoms with Crippen molar-refractivity contribution in [2.24, 2.45) is 5.73 Å². The number of benzene rings is 2. The minimum atomic E-state index is -1.57. The molecule has 0 aliphatic heterocycles. The van der Waals surface area contributed by atoms with Gasteiger partial charge in [-0.3, -0.25) is 14.3 Å². The molecular formula is C23H12F5N5O. The predicted octanol–water partition coefficient (Wildman–Crippen LogP) is 4.74. The summed E-state index contributed by atoms with van der Waals surface area (Å²) in [5.74, 6) is -6.58. The van der Waals surface area contributed by atoms with E-state index in [1.165, 1.54) is 29.8 Å². The number of fused-ring (bicyclic) bond motifs is 2. The lowest BCUT2D eigenvalue weighted by atomic mass is 10.0. The van der Waals surface area contributed by atoms with E-state index in [9.17, 15) is 26.7 Å². The smallest absolute Gasteiger partial charge is 0.250 e. The summed E-state index contributed by atoms with van der Waals surface area (Å²) in [6, 6.07) is 5.57. The fraction of sp³-hybridized carbons (Fsp3) is 0.0435. The van der Waals surface area contributed by atoms with Crippen LogP contribution in [0, 0.1) is 36.1 Å². The molecule has 11 heteroatoms. The third-order valence-electron chi connectivity index (χ3n) is 5.42. The molecule has 5 aromatic rings. The SMILES string of the molecule is Cc1nc2c(C(N)=O)cc(-c3c(F)cnc(F)c3F)cc2n1-c1ccnc2c(F)ccc(F)c12. The zero-order chi connectivity index (χ0) is 24.3. The summed E-state index contributed by atoms with van der Waals surface area (Å²) < 4.78 is 73.3. The second-order valence-corrected chi connectivity index (χ2v) is 7.42. The molecule has 34 heavy (non-hydrogen) atoms. The Morgan fingerprint density at radius 1 is 0.941 bits per heavy atom. The van der Waals surface area contributed by atoms with Crippen LogP contribution in [0.3, 0.4) is 0 Å². The highest BCUT2D eigenvalue weighted by molar-refractivity contribution is 6.07. The Balaban J connectivity index is 1.93. The summed E-state index contributed by atoms with van der Waals surface area (Å²) in [4.78, 5) is 23.4. The maximum atomic E-state index is 14.8. The molecule has 1 amide bonds. The topological polar surface area (TPSA) is 86.7 Å². The van der Waals surface area contributed by atoms with Gasteiger partial charge < -0.3 is 5.73 Å². The van der Waals surface area contributed by atoms with Gasteiger partial charge in [0.2, 0.25) is 5.95 Å². The molecule has 0 saturated heterocycles. The molecule has 2 aromatic carbocycles. The lowest BCUT2D eigenvalue weighted by Gasteiger charge is -2.13. The van der Waals surface area contributed by atoms with E-state index in [0.29, 0.717) is 6.20 Å². The van der Waals surface area contributed by atoms with Crippen LogP contribution in [0.2, 0.25) is 0 Å². The standard InChI is InChI=1S/C23H12F5N5O/c1-9-32-20-11(23(29)34)6-10(17-14(26)8-31-22(28)19(17)27)7-16(20)33(9)15-4-5-30-21-13(25)3-2-12(24)18(15)21/h2-8H,1H3,(H2,29,34). The van der Waals surface area contributed by atoms with E-state index in [4.69, 9.17) is 5.73 Å². The average molecular weight is 469 g/mol. The minimum Gasteiger partial charge on any atom is -0.366 e. The quantitative estimate of drug-likeness (QED) is 0.306. The molecule has 0 aliphatic rings. The van der Waals surface area contributed by atoms with Gasteiger partial charge in [0, 0.05) is 6.20 Å². The number of aromatic nitrogens is 4. The lowest BCUT2D eigenvalue weighted by molar-refractivity contribution is 0.100. The van der Waals surface area contributed by atoms with Crippen molar-refractivity contribution in [2.75, 3.05) is 0 Å². The van der Waals surface area contributed by atoms with Crippen molar-refractivity contribution in [2.45, 2.75) is 6.92 Å². The Labute approximate surface area is 187 Å². The van der Waals surface area contributed by atoms with Gasteiger partial charge in [0.1, 0.15) is 28.5 Å². The molecule has 6 nitrogen and oxygen atoms in total. The van der Waals surface area contributed by atoms with E-state index < -0.39 is 40.7 Å². The highest BCUT2D eigenvalue weighted by Gasteiger charge is 2.24. The molecule has 5 rings (SSSR count). The Bertz CT molecular complexity index is 1660. The normalized spacial score (nSPS) is 11.5.